The Balaban J connectivity index is 2.21. The first-order valence-electron chi connectivity index (χ1n) is 7.78. The number of methoxy groups -OCH3 is 2. The smallest absolute Gasteiger partial charge is 0.161 e. The molecule has 4 unspecified atom stereocenters. The third-order valence-corrected chi connectivity index (χ3v) is 5.06. The molecule has 4 atom stereocenters. The van der Waals surface area contributed by atoms with E-state index in [1.54, 1.807) is 14.2 Å². The molecule has 3 N–H and O–H groups in total. The van der Waals surface area contributed by atoms with Gasteiger partial charge in [-0.25, -0.2) is 0 Å². The molecule has 4 nitrogen and oxygen atoms in total. The van der Waals surface area contributed by atoms with E-state index in [2.05, 4.69) is 25.3 Å². The summed E-state index contributed by atoms with van der Waals surface area (Å²) in [5, 5.41) is 0. The Morgan fingerprint density at radius 1 is 1.10 bits per heavy atom. The summed E-state index contributed by atoms with van der Waals surface area (Å²) in [7, 11) is 3.32. The molecule has 118 valence electrons. The Kier molecular flexibility index (Phi) is 5.48. The van der Waals surface area contributed by atoms with Crippen LogP contribution in [-0.2, 0) is 0 Å². The Labute approximate surface area is 128 Å². The highest BCUT2D eigenvalue weighted by molar-refractivity contribution is 5.44. The SMILES string of the molecule is COc1ccc(C(NN)C2CCC(C)C(C)C2)cc1OC. The third kappa shape index (κ3) is 3.50. The predicted molar refractivity (Wildman–Crippen MR) is 85.3 cm³/mol. The van der Waals surface area contributed by atoms with E-state index in [1.165, 1.54) is 24.8 Å². The van der Waals surface area contributed by atoms with Gasteiger partial charge in [0.15, 0.2) is 11.5 Å². The minimum absolute atomic E-state index is 0.166. The van der Waals surface area contributed by atoms with Gasteiger partial charge < -0.3 is 9.47 Å². The summed E-state index contributed by atoms with van der Waals surface area (Å²) >= 11 is 0. The largest absolute Gasteiger partial charge is 0.493 e. The van der Waals surface area contributed by atoms with Crippen LogP contribution in [-0.4, -0.2) is 14.2 Å². The molecule has 0 bridgehead atoms. The van der Waals surface area contributed by atoms with Gasteiger partial charge in [-0.3, -0.25) is 11.3 Å². The van der Waals surface area contributed by atoms with Gasteiger partial charge in [0.05, 0.1) is 14.2 Å². The van der Waals surface area contributed by atoms with E-state index in [-0.39, 0.29) is 6.04 Å². The van der Waals surface area contributed by atoms with E-state index in [4.69, 9.17) is 15.3 Å². The Morgan fingerprint density at radius 2 is 1.81 bits per heavy atom. The molecule has 0 spiro atoms. The van der Waals surface area contributed by atoms with Crippen LogP contribution >= 0.6 is 0 Å². The first kappa shape index (κ1) is 16.1. The van der Waals surface area contributed by atoms with Crippen molar-refractivity contribution < 1.29 is 9.47 Å². The minimum Gasteiger partial charge on any atom is -0.493 e. The third-order valence-electron chi connectivity index (χ3n) is 5.06. The predicted octanol–water partition coefficient (Wildman–Crippen LogP) is 3.28. The molecule has 1 aliphatic rings. The summed E-state index contributed by atoms with van der Waals surface area (Å²) in [5.41, 5.74) is 4.18. The lowest BCUT2D eigenvalue weighted by Crippen LogP contribution is -2.36. The van der Waals surface area contributed by atoms with Crippen molar-refractivity contribution in [3.05, 3.63) is 23.8 Å². The monoisotopic (exact) mass is 292 g/mol. The lowest BCUT2D eigenvalue weighted by molar-refractivity contribution is 0.171. The van der Waals surface area contributed by atoms with Crippen LogP contribution in [0, 0.1) is 17.8 Å². The van der Waals surface area contributed by atoms with Crippen molar-refractivity contribution in [3.8, 4) is 11.5 Å². The second kappa shape index (κ2) is 7.14. The van der Waals surface area contributed by atoms with Crippen LogP contribution in [0.15, 0.2) is 18.2 Å². The molecule has 0 heterocycles. The molecule has 0 amide bonds. The van der Waals surface area contributed by atoms with Crippen molar-refractivity contribution in [1.29, 1.82) is 0 Å². The van der Waals surface area contributed by atoms with E-state index in [0.717, 1.165) is 23.3 Å². The maximum atomic E-state index is 5.86. The number of ether oxygens (including phenoxy) is 2. The van der Waals surface area contributed by atoms with Gasteiger partial charge in [0.1, 0.15) is 0 Å². The summed E-state index contributed by atoms with van der Waals surface area (Å²) < 4.78 is 10.7. The van der Waals surface area contributed by atoms with E-state index < -0.39 is 0 Å². The highest BCUT2D eigenvalue weighted by atomic mass is 16.5. The van der Waals surface area contributed by atoms with Gasteiger partial charge in [-0.1, -0.05) is 26.3 Å². The normalized spacial score (nSPS) is 27.2. The van der Waals surface area contributed by atoms with Crippen LogP contribution in [0.5, 0.6) is 11.5 Å². The summed E-state index contributed by atoms with van der Waals surface area (Å²) in [4.78, 5) is 0. The molecule has 1 aliphatic carbocycles. The van der Waals surface area contributed by atoms with Crippen LogP contribution in [0.25, 0.3) is 0 Å². The maximum absolute atomic E-state index is 5.86. The van der Waals surface area contributed by atoms with Gasteiger partial charge in [0, 0.05) is 6.04 Å². The number of nitrogens with two attached hydrogens (primary N) is 1. The van der Waals surface area contributed by atoms with Gasteiger partial charge in [-0.05, 0) is 48.3 Å². The summed E-state index contributed by atoms with van der Waals surface area (Å²) in [6.07, 6.45) is 3.70. The van der Waals surface area contributed by atoms with Gasteiger partial charge >= 0.3 is 0 Å². The molecule has 1 fully saturated rings. The molecule has 0 saturated heterocycles. The van der Waals surface area contributed by atoms with Crippen molar-refractivity contribution in [3.63, 3.8) is 0 Å². The maximum Gasteiger partial charge on any atom is 0.161 e. The van der Waals surface area contributed by atoms with Crippen LogP contribution in [0.1, 0.15) is 44.7 Å². The van der Waals surface area contributed by atoms with Crippen molar-refractivity contribution in [2.24, 2.45) is 23.6 Å². The van der Waals surface area contributed by atoms with Crippen LogP contribution in [0.2, 0.25) is 0 Å². The number of hydrogen-bond donors (Lipinski definition) is 2. The number of benzene rings is 1. The molecule has 1 aromatic carbocycles. The first-order valence-corrected chi connectivity index (χ1v) is 7.78. The van der Waals surface area contributed by atoms with Gasteiger partial charge in [0.25, 0.3) is 0 Å². The number of nitrogens with one attached hydrogen (secondary N) is 1. The van der Waals surface area contributed by atoms with E-state index >= 15 is 0 Å². The zero-order valence-electron chi connectivity index (χ0n) is 13.6. The fraction of sp³-hybridized carbons (Fsp3) is 0.647. The van der Waals surface area contributed by atoms with E-state index in [1.807, 2.05) is 12.1 Å². The fourth-order valence-corrected chi connectivity index (χ4v) is 3.44. The number of hydrogen-bond acceptors (Lipinski definition) is 4. The van der Waals surface area contributed by atoms with Gasteiger partial charge in [-0.15, -0.1) is 0 Å². The van der Waals surface area contributed by atoms with Crippen LogP contribution < -0.4 is 20.7 Å². The average molecular weight is 292 g/mol. The Morgan fingerprint density at radius 3 is 2.38 bits per heavy atom. The Bertz CT molecular complexity index is 464. The molecule has 0 aromatic heterocycles. The second-order valence-corrected chi connectivity index (χ2v) is 6.29. The molecule has 0 radical (unpaired) electrons. The van der Waals surface area contributed by atoms with Crippen molar-refractivity contribution in [1.82, 2.24) is 5.43 Å². The second-order valence-electron chi connectivity index (χ2n) is 6.29. The standard InChI is InChI=1S/C17H28N2O2/c1-11-5-6-13(9-12(11)2)17(19-18)14-7-8-15(20-3)16(10-14)21-4/h7-8,10-13,17,19H,5-6,9,18H2,1-4H3. The number of hydrazine groups is 1. The summed E-state index contributed by atoms with van der Waals surface area (Å²) in [5.74, 6) is 9.49. The fourth-order valence-electron chi connectivity index (χ4n) is 3.44. The molecule has 1 aromatic rings. The van der Waals surface area contributed by atoms with Crippen molar-refractivity contribution in [2.75, 3.05) is 14.2 Å². The molecule has 4 heteroatoms. The highest BCUT2D eigenvalue weighted by Crippen LogP contribution is 2.41. The van der Waals surface area contributed by atoms with Gasteiger partial charge in [0.2, 0.25) is 0 Å². The molecule has 1 saturated carbocycles. The molecule has 2 rings (SSSR count). The molecule has 0 aliphatic heterocycles. The minimum atomic E-state index is 0.166. The zero-order valence-corrected chi connectivity index (χ0v) is 13.6. The first-order chi connectivity index (χ1) is 10.1. The van der Waals surface area contributed by atoms with Crippen molar-refractivity contribution in [2.45, 2.75) is 39.2 Å². The highest BCUT2D eigenvalue weighted by Gasteiger charge is 2.30. The molecular formula is C17H28N2O2. The molecular weight excluding hydrogens is 264 g/mol. The lowest BCUT2D eigenvalue weighted by Gasteiger charge is -2.36. The molecule has 21 heavy (non-hydrogen) atoms. The lowest BCUT2D eigenvalue weighted by atomic mass is 9.72. The summed E-state index contributed by atoms with van der Waals surface area (Å²) in [6, 6.07) is 6.23. The van der Waals surface area contributed by atoms with E-state index in [9.17, 15) is 0 Å². The topological polar surface area (TPSA) is 56.5 Å². The zero-order chi connectivity index (χ0) is 15.4. The van der Waals surface area contributed by atoms with Crippen LogP contribution in [0.4, 0.5) is 0 Å². The number of rotatable bonds is 5. The average Bonchev–Trinajstić information content (AvgIpc) is 2.51. The Hall–Kier alpha value is -1.26. The quantitative estimate of drug-likeness (QED) is 0.646. The summed E-state index contributed by atoms with van der Waals surface area (Å²) in [6.45, 7) is 4.70. The van der Waals surface area contributed by atoms with E-state index in [0.29, 0.717) is 5.92 Å². The van der Waals surface area contributed by atoms with Crippen molar-refractivity contribution >= 4 is 0 Å². The van der Waals surface area contributed by atoms with Gasteiger partial charge in [-0.2, -0.15) is 0 Å². The van der Waals surface area contributed by atoms with Crippen LogP contribution in [0.3, 0.4) is 0 Å².